The number of hydrogen-bond acceptors (Lipinski definition) is 8. The molecule has 0 aromatic heterocycles. The van der Waals surface area contributed by atoms with E-state index < -0.39 is 37.3 Å². The van der Waals surface area contributed by atoms with Crippen molar-refractivity contribution in [3.63, 3.8) is 0 Å². The van der Waals surface area contributed by atoms with Gasteiger partial charge in [0.25, 0.3) is 0 Å². The van der Waals surface area contributed by atoms with Crippen LogP contribution in [0.4, 0.5) is 0 Å². The lowest BCUT2D eigenvalue weighted by Crippen LogP contribution is -2.60. The van der Waals surface area contributed by atoms with E-state index >= 15 is 0 Å². The van der Waals surface area contributed by atoms with Crippen molar-refractivity contribution in [1.82, 2.24) is 0 Å². The van der Waals surface area contributed by atoms with E-state index in [4.69, 9.17) is 18.9 Å². The summed E-state index contributed by atoms with van der Waals surface area (Å²) in [5.41, 5.74) is 0.817. The molecule has 0 saturated carbocycles. The molecule has 140 valence electrons. The van der Waals surface area contributed by atoms with Crippen molar-refractivity contribution in [3.8, 4) is 17.2 Å². The number of methoxy groups -OCH3 is 2. The highest BCUT2D eigenvalue weighted by atomic mass is 16.7. The molecule has 8 nitrogen and oxygen atoms in total. The van der Waals surface area contributed by atoms with Crippen molar-refractivity contribution in [1.29, 1.82) is 0 Å². The Balaban J connectivity index is 2.34. The lowest BCUT2D eigenvalue weighted by atomic mass is 9.99. The third-order valence-corrected chi connectivity index (χ3v) is 3.92. The fourth-order valence-corrected chi connectivity index (χ4v) is 2.59. The van der Waals surface area contributed by atoms with Gasteiger partial charge in [0.2, 0.25) is 12.0 Å². The van der Waals surface area contributed by atoms with E-state index in [2.05, 4.69) is 0 Å². The van der Waals surface area contributed by atoms with Crippen molar-refractivity contribution in [2.75, 3.05) is 20.8 Å². The highest BCUT2D eigenvalue weighted by molar-refractivity contribution is 5.62. The van der Waals surface area contributed by atoms with Crippen molar-refractivity contribution in [2.24, 2.45) is 0 Å². The van der Waals surface area contributed by atoms with Gasteiger partial charge in [-0.25, -0.2) is 0 Å². The van der Waals surface area contributed by atoms with Gasteiger partial charge in [0.15, 0.2) is 11.5 Å². The highest BCUT2D eigenvalue weighted by Crippen LogP contribution is 2.40. The monoisotopic (exact) mass is 356 g/mol. The van der Waals surface area contributed by atoms with Crippen LogP contribution in [0.5, 0.6) is 17.2 Å². The highest BCUT2D eigenvalue weighted by Gasteiger charge is 2.45. The summed E-state index contributed by atoms with van der Waals surface area (Å²) in [7, 11) is 2.91. The summed E-state index contributed by atoms with van der Waals surface area (Å²) >= 11 is 0. The van der Waals surface area contributed by atoms with Crippen LogP contribution in [0.2, 0.25) is 0 Å². The van der Waals surface area contributed by atoms with E-state index in [1.807, 2.05) is 19.1 Å². The summed E-state index contributed by atoms with van der Waals surface area (Å²) in [4.78, 5) is 0. The Morgan fingerprint density at radius 2 is 1.64 bits per heavy atom. The predicted octanol–water partition coefficient (Wildman–Crippen LogP) is -0.0844. The van der Waals surface area contributed by atoms with E-state index in [9.17, 15) is 20.4 Å². The minimum Gasteiger partial charge on any atom is -0.493 e. The fourth-order valence-electron chi connectivity index (χ4n) is 2.59. The molecule has 1 saturated heterocycles. The average Bonchev–Trinajstić information content (AvgIpc) is 2.62. The van der Waals surface area contributed by atoms with E-state index in [0.29, 0.717) is 11.5 Å². The molecule has 0 spiro atoms. The third-order valence-electron chi connectivity index (χ3n) is 3.92. The normalized spacial score (nSPS) is 29.6. The Morgan fingerprint density at radius 1 is 1.04 bits per heavy atom. The van der Waals surface area contributed by atoms with Gasteiger partial charge in [-0.05, 0) is 24.6 Å². The van der Waals surface area contributed by atoms with Crippen LogP contribution in [-0.2, 0) is 4.74 Å². The molecule has 0 aliphatic carbocycles. The number of allylic oxidation sites excluding steroid dienone is 1. The van der Waals surface area contributed by atoms with Gasteiger partial charge < -0.3 is 39.4 Å². The van der Waals surface area contributed by atoms with Crippen LogP contribution in [0.1, 0.15) is 12.5 Å². The first-order chi connectivity index (χ1) is 12.0. The molecule has 1 heterocycles. The first kappa shape index (κ1) is 19.5. The van der Waals surface area contributed by atoms with Gasteiger partial charge in [-0.3, -0.25) is 0 Å². The summed E-state index contributed by atoms with van der Waals surface area (Å²) in [6.07, 6.45) is -3.21. The lowest BCUT2D eigenvalue weighted by Gasteiger charge is -2.39. The zero-order valence-electron chi connectivity index (χ0n) is 14.3. The molecule has 1 aliphatic heterocycles. The maximum absolute atomic E-state index is 10.1. The Labute approximate surface area is 145 Å². The summed E-state index contributed by atoms with van der Waals surface area (Å²) in [6, 6.07) is 3.42. The molecule has 5 unspecified atom stereocenters. The largest absolute Gasteiger partial charge is 0.493 e. The molecule has 4 N–H and O–H groups in total. The molecule has 5 atom stereocenters. The van der Waals surface area contributed by atoms with Crippen LogP contribution < -0.4 is 14.2 Å². The SMILES string of the molecule is CC=Cc1cc(OC)c(OC2OC(CO)C(O)C(O)C2O)c(OC)c1. The Kier molecular flexibility index (Phi) is 6.63. The topological polar surface area (TPSA) is 118 Å². The first-order valence-electron chi connectivity index (χ1n) is 7.82. The second-order valence-corrected chi connectivity index (χ2v) is 5.57. The van der Waals surface area contributed by atoms with E-state index in [0.717, 1.165) is 5.56 Å². The first-order valence-corrected chi connectivity index (χ1v) is 7.82. The summed E-state index contributed by atoms with van der Waals surface area (Å²) in [5.74, 6) is 0.844. The quantitative estimate of drug-likeness (QED) is 0.559. The van der Waals surface area contributed by atoms with Crippen LogP contribution in [0.15, 0.2) is 18.2 Å². The summed E-state index contributed by atoms with van der Waals surface area (Å²) in [6.45, 7) is 1.33. The van der Waals surface area contributed by atoms with Crippen molar-refractivity contribution in [3.05, 3.63) is 23.8 Å². The van der Waals surface area contributed by atoms with Gasteiger partial charge in [-0.1, -0.05) is 12.2 Å². The number of aliphatic hydroxyl groups is 4. The maximum Gasteiger partial charge on any atom is 0.229 e. The van der Waals surface area contributed by atoms with Gasteiger partial charge in [0.1, 0.15) is 24.4 Å². The van der Waals surface area contributed by atoms with Crippen LogP contribution in [0, 0.1) is 0 Å². The molecule has 0 bridgehead atoms. The third kappa shape index (κ3) is 4.05. The molecule has 1 fully saturated rings. The number of aliphatic hydroxyl groups excluding tert-OH is 4. The van der Waals surface area contributed by atoms with Crippen molar-refractivity contribution in [2.45, 2.75) is 37.6 Å². The lowest BCUT2D eigenvalue weighted by molar-refractivity contribution is -0.277. The van der Waals surface area contributed by atoms with Gasteiger partial charge in [-0.15, -0.1) is 0 Å². The maximum atomic E-state index is 10.1. The molecule has 2 rings (SSSR count). The minimum atomic E-state index is -1.53. The molecule has 1 aliphatic rings. The van der Waals surface area contributed by atoms with E-state index in [1.54, 1.807) is 12.1 Å². The summed E-state index contributed by atoms with van der Waals surface area (Å²) < 4.78 is 21.7. The smallest absolute Gasteiger partial charge is 0.229 e. The molecular formula is C17H24O8. The number of benzene rings is 1. The van der Waals surface area contributed by atoms with Gasteiger partial charge >= 0.3 is 0 Å². The number of hydrogen-bond donors (Lipinski definition) is 4. The van der Waals surface area contributed by atoms with Crippen molar-refractivity contribution < 1.29 is 39.4 Å². The molecule has 1 aromatic carbocycles. The number of ether oxygens (including phenoxy) is 4. The number of rotatable bonds is 6. The van der Waals surface area contributed by atoms with Gasteiger partial charge in [-0.2, -0.15) is 0 Å². The Morgan fingerprint density at radius 3 is 2.12 bits per heavy atom. The minimum absolute atomic E-state index is 0.169. The van der Waals surface area contributed by atoms with Crippen LogP contribution in [0.25, 0.3) is 6.08 Å². The second kappa shape index (κ2) is 8.50. The van der Waals surface area contributed by atoms with Crippen LogP contribution in [0.3, 0.4) is 0 Å². The molecular weight excluding hydrogens is 332 g/mol. The van der Waals surface area contributed by atoms with Crippen molar-refractivity contribution >= 4 is 6.08 Å². The molecule has 0 amide bonds. The van der Waals surface area contributed by atoms with Gasteiger partial charge in [0.05, 0.1) is 20.8 Å². The molecule has 8 heteroatoms. The predicted molar refractivity (Wildman–Crippen MR) is 88.6 cm³/mol. The molecule has 0 radical (unpaired) electrons. The molecule has 25 heavy (non-hydrogen) atoms. The Bertz CT molecular complexity index is 575. The van der Waals surface area contributed by atoms with E-state index in [-0.39, 0.29) is 5.75 Å². The zero-order valence-corrected chi connectivity index (χ0v) is 14.3. The Hall–Kier alpha value is -1.84. The molecule has 1 aromatic rings. The average molecular weight is 356 g/mol. The van der Waals surface area contributed by atoms with Gasteiger partial charge in [0, 0.05) is 0 Å². The summed E-state index contributed by atoms with van der Waals surface area (Å²) in [5, 5.41) is 39.1. The zero-order chi connectivity index (χ0) is 18.6. The fraction of sp³-hybridized carbons (Fsp3) is 0.529. The van der Waals surface area contributed by atoms with Crippen LogP contribution >= 0.6 is 0 Å². The standard InChI is InChI=1S/C17H24O8/c1-4-5-9-6-10(22-2)16(11(7-9)23-3)25-17-15(21)14(20)13(19)12(8-18)24-17/h4-7,12-15,17-21H,8H2,1-3H3. The van der Waals surface area contributed by atoms with Crippen LogP contribution in [-0.4, -0.2) is 72.0 Å². The van der Waals surface area contributed by atoms with E-state index in [1.165, 1.54) is 14.2 Å². The second-order valence-electron chi connectivity index (χ2n) is 5.57.